The summed E-state index contributed by atoms with van der Waals surface area (Å²) in [6, 6.07) is 165. The quantitative estimate of drug-likeness (QED) is 0.0673. The standard InChI is InChI=1S/C114H90N4Si2/c1-113(2,3)92-63-65-108-104(75-92)105-76-93(114(4,5)6)64-66-109(105)118(108)111-78-110(117-106-61-27-25-59-102(106)103-60-26-28-62-107(103)117)115-112(116-111)91-73-100(119(94-53-29-47-85(67-94)79-35-13-7-14-36-79,95-54-30-48-86(68-95)80-37-15-8-16-38-80)96-55-31-49-87(69-96)81-39-17-9-18-40-81)77-101(74-91)120(97-56-32-50-88(70-97)82-41-19-10-20-42-82,98-57-33-51-89(71-98)83-43-21-11-22-44-83)99-58-34-52-90(72-99)84-45-23-12-24-46-84/h7-78H,1-6H3. The molecule has 0 bridgehead atoms. The van der Waals surface area contributed by atoms with Crippen LogP contribution in [0.25, 0.3) is 133 Å². The van der Waals surface area contributed by atoms with Crippen LogP contribution in [0.15, 0.2) is 437 Å². The predicted molar refractivity (Wildman–Crippen MR) is 513 cm³/mol. The molecule has 0 saturated heterocycles. The van der Waals surface area contributed by atoms with Crippen LogP contribution < -0.4 is 41.5 Å². The Hall–Kier alpha value is -14.1. The van der Waals surface area contributed by atoms with Crippen molar-refractivity contribution in [2.75, 3.05) is 0 Å². The van der Waals surface area contributed by atoms with E-state index in [-0.39, 0.29) is 10.8 Å². The summed E-state index contributed by atoms with van der Waals surface area (Å²) in [6.07, 6.45) is 0. The minimum Gasteiger partial charge on any atom is -0.294 e. The van der Waals surface area contributed by atoms with E-state index in [2.05, 4.69) is 487 Å². The van der Waals surface area contributed by atoms with Gasteiger partial charge in [0.15, 0.2) is 22.0 Å². The molecule has 0 saturated carbocycles. The van der Waals surface area contributed by atoms with Crippen molar-refractivity contribution in [2.24, 2.45) is 0 Å². The molecule has 6 heteroatoms. The maximum Gasteiger partial charge on any atom is 0.179 e. The molecule has 0 spiro atoms. The lowest BCUT2D eigenvalue weighted by Crippen LogP contribution is -2.78. The molecule has 4 nitrogen and oxygen atoms in total. The number of rotatable bonds is 17. The van der Waals surface area contributed by atoms with E-state index in [4.69, 9.17) is 9.97 Å². The molecule has 574 valence electrons. The number of hydrogen-bond donors (Lipinski definition) is 0. The van der Waals surface area contributed by atoms with Crippen molar-refractivity contribution in [3.8, 4) is 89.8 Å². The van der Waals surface area contributed by atoms with Crippen molar-refractivity contribution in [2.45, 2.75) is 52.4 Å². The van der Waals surface area contributed by atoms with Gasteiger partial charge in [-0.15, -0.1) is 0 Å². The molecular weight excluding hydrogens is 1480 g/mol. The van der Waals surface area contributed by atoms with E-state index in [9.17, 15) is 0 Å². The van der Waals surface area contributed by atoms with E-state index < -0.39 is 16.1 Å². The highest BCUT2D eigenvalue weighted by atomic mass is 28.3. The summed E-state index contributed by atoms with van der Waals surface area (Å²) in [4.78, 5) is 12.6. The van der Waals surface area contributed by atoms with Crippen molar-refractivity contribution >= 4 is 101 Å². The second-order valence-corrected chi connectivity index (χ2v) is 41.7. The minimum atomic E-state index is -3.92. The van der Waals surface area contributed by atoms with Gasteiger partial charge in [0.05, 0.1) is 22.1 Å². The van der Waals surface area contributed by atoms with Crippen molar-refractivity contribution < 1.29 is 0 Å². The Morgan fingerprint density at radius 1 is 0.183 bits per heavy atom. The van der Waals surface area contributed by atoms with Gasteiger partial charge in [0.25, 0.3) is 0 Å². The SMILES string of the molecule is CC(C)(C)c1ccc2c(c1)c1cc(C(C)(C)C)ccc1n2-c1cc(-n2c3ccccc3c3ccccc32)nc(-c2cc([Si](c3cccc(-c4ccccc4)c3)(c3cccc(-c4ccccc4)c3)c3cccc(-c4ccccc4)c3)cc([Si](c3cccc(-c4ccccc4)c3)(c3cccc(-c4ccccc4)c3)c3cccc(-c4ccccc4)c3)c2)n1. The summed E-state index contributed by atoms with van der Waals surface area (Å²) >= 11 is 0. The van der Waals surface area contributed by atoms with Gasteiger partial charge in [0.2, 0.25) is 0 Å². The first-order valence-corrected chi connectivity index (χ1v) is 45.8. The van der Waals surface area contributed by atoms with Gasteiger partial charge in [-0.25, -0.2) is 9.97 Å². The van der Waals surface area contributed by atoms with Crippen LogP contribution in [-0.4, -0.2) is 35.2 Å². The van der Waals surface area contributed by atoms with Gasteiger partial charge in [-0.3, -0.25) is 9.13 Å². The summed E-state index contributed by atoms with van der Waals surface area (Å²) in [6.45, 7) is 13.9. The Balaban J connectivity index is 1.01. The molecule has 0 amide bonds. The molecule has 0 fully saturated rings. The van der Waals surface area contributed by atoms with Gasteiger partial charge in [0.1, 0.15) is 11.6 Å². The Bertz CT molecular complexity index is 6420. The second kappa shape index (κ2) is 30.7. The van der Waals surface area contributed by atoms with E-state index in [1.807, 2.05) is 0 Å². The fourth-order valence-electron chi connectivity index (χ4n) is 18.7. The zero-order valence-corrected chi connectivity index (χ0v) is 70.4. The third-order valence-electron chi connectivity index (χ3n) is 24.7. The van der Waals surface area contributed by atoms with Crippen LogP contribution in [0, 0.1) is 0 Å². The highest BCUT2D eigenvalue weighted by molar-refractivity contribution is 7.22. The van der Waals surface area contributed by atoms with Crippen LogP contribution in [0.1, 0.15) is 52.7 Å². The molecule has 0 radical (unpaired) electrons. The maximum atomic E-state index is 6.33. The molecule has 3 heterocycles. The van der Waals surface area contributed by atoms with Gasteiger partial charge < -0.3 is 0 Å². The number of para-hydroxylation sites is 2. The number of fused-ring (bicyclic) bond motifs is 6. The average molecular weight is 1570 g/mol. The topological polar surface area (TPSA) is 35.6 Å². The van der Waals surface area contributed by atoms with E-state index in [1.165, 1.54) is 63.4 Å². The Labute approximate surface area is 705 Å². The second-order valence-electron chi connectivity index (χ2n) is 34.1. The zero-order valence-electron chi connectivity index (χ0n) is 68.4. The number of aromatic nitrogens is 4. The molecule has 0 unspecified atom stereocenters. The fourth-order valence-corrected chi connectivity index (χ4v) is 28.7. The third-order valence-corrected chi connectivity index (χ3v) is 34.1. The van der Waals surface area contributed by atoms with Gasteiger partial charge >= 0.3 is 0 Å². The smallest absolute Gasteiger partial charge is 0.179 e. The van der Waals surface area contributed by atoms with Gasteiger partial charge in [-0.1, -0.05) is 436 Å². The molecule has 20 rings (SSSR count). The first-order valence-electron chi connectivity index (χ1n) is 41.8. The minimum absolute atomic E-state index is 0.126. The van der Waals surface area contributed by atoms with Crippen molar-refractivity contribution in [1.29, 1.82) is 0 Å². The highest BCUT2D eigenvalue weighted by Crippen LogP contribution is 2.41. The molecule has 0 aliphatic heterocycles. The first-order chi connectivity index (χ1) is 58.7. The van der Waals surface area contributed by atoms with Gasteiger partial charge in [-0.2, -0.15) is 0 Å². The van der Waals surface area contributed by atoms with E-state index >= 15 is 0 Å². The molecule has 0 aliphatic rings. The number of benzene rings is 17. The molecule has 17 aromatic carbocycles. The maximum absolute atomic E-state index is 6.33. The van der Waals surface area contributed by atoms with Gasteiger partial charge in [0, 0.05) is 33.2 Å². The van der Waals surface area contributed by atoms with Crippen molar-refractivity contribution in [3.63, 3.8) is 0 Å². The third kappa shape index (κ3) is 13.4. The normalized spacial score (nSPS) is 12.1. The fraction of sp³-hybridized carbons (Fsp3) is 0.0702. The van der Waals surface area contributed by atoms with E-state index in [1.54, 1.807) is 0 Å². The highest BCUT2D eigenvalue weighted by Gasteiger charge is 2.48. The molecule has 3 aromatic heterocycles. The van der Waals surface area contributed by atoms with Crippen molar-refractivity contribution in [1.82, 2.24) is 19.1 Å². The largest absolute Gasteiger partial charge is 0.294 e. The van der Waals surface area contributed by atoms with Crippen LogP contribution in [-0.2, 0) is 10.8 Å². The van der Waals surface area contributed by atoms with Gasteiger partial charge in [-0.05, 0) is 167 Å². The Kier molecular flexibility index (Phi) is 19.1. The van der Waals surface area contributed by atoms with E-state index in [0.717, 1.165) is 117 Å². The summed E-state index contributed by atoms with van der Waals surface area (Å²) in [7, 11) is -7.85. The van der Waals surface area contributed by atoms with Crippen LogP contribution in [0.2, 0.25) is 0 Å². The zero-order chi connectivity index (χ0) is 81.1. The first kappa shape index (κ1) is 74.7. The predicted octanol–water partition coefficient (Wildman–Crippen LogP) is 23.7. The molecule has 0 atom stereocenters. The number of hydrogen-bond acceptors (Lipinski definition) is 2. The van der Waals surface area contributed by atoms with Crippen molar-refractivity contribution in [3.05, 3.63) is 448 Å². The monoisotopic (exact) mass is 1570 g/mol. The Morgan fingerprint density at radius 2 is 0.417 bits per heavy atom. The van der Waals surface area contributed by atoms with Crippen LogP contribution >= 0.6 is 0 Å². The summed E-state index contributed by atoms with van der Waals surface area (Å²) in [5.41, 5.74) is 21.1. The lowest BCUT2D eigenvalue weighted by Gasteiger charge is -2.39. The molecule has 0 aliphatic carbocycles. The van der Waals surface area contributed by atoms with Crippen LogP contribution in [0.3, 0.4) is 0 Å². The van der Waals surface area contributed by atoms with E-state index in [0.29, 0.717) is 5.82 Å². The van der Waals surface area contributed by atoms with Crippen LogP contribution in [0.4, 0.5) is 0 Å². The summed E-state index contributed by atoms with van der Waals surface area (Å²) in [5.74, 6) is 2.10. The summed E-state index contributed by atoms with van der Waals surface area (Å²) in [5, 5.41) is 14.4. The Morgan fingerprint density at radius 3 is 0.683 bits per heavy atom. The molecule has 0 N–H and O–H groups in total. The molecule has 120 heavy (non-hydrogen) atoms. The van der Waals surface area contributed by atoms with Crippen LogP contribution in [0.5, 0.6) is 0 Å². The number of nitrogens with zero attached hydrogens (tertiary/aromatic N) is 4. The average Bonchev–Trinajstić information content (AvgIpc) is 1.03. The summed E-state index contributed by atoms with van der Waals surface area (Å²) < 4.78 is 4.83. The molecular formula is C114H90N4Si2. The lowest BCUT2D eigenvalue weighted by molar-refractivity contribution is 0.590. The molecule has 20 aromatic rings. The lowest BCUT2D eigenvalue weighted by atomic mass is 9.85.